The molecule has 0 unspecified atom stereocenters. The van der Waals surface area contributed by atoms with Crippen molar-refractivity contribution in [3.63, 3.8) is 0 Å². The van der Waals surface area contributed by atoms with Crippen molar-refractivity contribution in [3.05, 3.63) is 52.5 Å². The zero-order valence-electron chi connectivity index (χ0n) is 15.8. The van der Waals surface area contributed by atoms with Crippen molar-refractivity contribution in [1.29, 1.82) is 0 Å². The summed E-state index contributed by atoms with van der Waals surface area (Å²) in [5.74, 6) is 2.55. The third-order valence-corrected chi connectivity index (χ3v) is 5.77. The van der Waals surface area contributed by atoms with Gasteiger partial charge in [-0.15, -0.1) is 10.2 Å². The van der Waals surface area contributed by atoms with Crippen LogP contribution in [0.2, 0.25) is 0 Å². The molecule has 3 rings (SSSR count). The maximum absolute atomic E-state index is 12.6. The summed E-state index contributed by atoms with van der Waals surface area (Å²) in [7, 11) is 3.23. The molecule has 0 N–H and O–H groups in total. The summed E-state index contributed by atoms with van der Waals surface area (Å²) in [5, 5.41) is 9.31. The van der Waals surface area contributed by atoms with Gasteiger partial charge >= 0.3 is 0 Å². The Labute approximate surface area is 176 Å². The first-order valence-electron chi connectivity index (χ1n) is 8.64. The zero-order chi connectivity index (χ0) is 20.1. The Balaban J connectivity index is 1.75. The minimum atomic E-state index is 0.0185. The van der Waals surface area contributed by atoms with Gasteiger partial charge in [-0.1, -0.05) is 11.8 Å². The summed E-state index contributed by atoms with van der Waals surface area (Å²) in [4.78, 5) is 12.6. The van der Waals surface area contributed by atoms with Crippen LogP contribution in [0.25, 0.3) is 11.4 Å². The molecule has 3 aromatic rings. The maximum Gasteiger partial charge on any atom is 0.191 e. The Morgan fingerprint density at radius 3 is 2.46 bits per heavy atom. The lowest BCUT2D eigenvalue weighted by Crippen LogP contribution is -2.05. The van der Waals surface area contributed by atoms with E-state index in [-0.39, 0.29) is 11.5 Å². The molecule has 146 valence electrons. The van der Waals surface area contributed by atoms with Gasteiger partial charge in [0.05, 0.1) is 24.4 Å². The van der Waals surface area contributed by atoms with Gasteiger partial charge in [-0.25, -0.2) is 0 Å². The van der Waals surface area contributed by atoms with Crippen LogP contribution in [0.15, 0.2) is 52.1 Å². The number of carbonyl (C=O) groups excluding carboxylic acids is 1. The fourth-order valence-electron chi connectivity index (χ4n) is 2.69. The number of nitrogens with zero attached hydrogens (tertiary/aromatic N) is 3. The van der Waals surface area contributed by atoms with Crippen LogP contribution in [0.3, 0.4) is 0 Å². The van der Waals surface area contributed by atoms with Crippen molar-refractivity contribution in [2.75, 3.05) is 20.0 Å². The Morgan fingerprint density at radius 2 is 1.86 bits per heavy atom. The molecule has 0 amide bonds. The van der Waals surface area contributed by atoms with E-state index < -0.39 is 0 Å². The molecule has 6 nitrogen and oxygen atoms in total. The van der Waals surface area contributed by atoms with Crippen LogP contribution in [-0.2, 0) is 6.54 Å². The first-order valence-corrected chi connectivity index (χ1v) is 10.4. The van der Waals surface area contributed by atoms with Crippen molar-refractivity contribution < 1.29 is 14.3 Å². The van der Waals surface area contributed by atoms with E-state index in [1.807, 2.05) is 35.8 Å². The average Bonchev–Trinajstić information content (AvgIpc) is 3.14. The van der Waals surface area contributed by atoms with Crippen LogP contribution in [0.1, 0.15) is 17.3 Å². The number of Topliss-reactive ketones (excluding diaryl/α,β-unsaturated/α-hetero) is 1. The number of ether oxygens (including phenoxy) is 2. The number of hydrogen-bond donors (Lipinski definition) is 0. The molecule has 0 bridgehead atoms. The van der Waals surface area contributed by atoms with E-state index in [0.29, 0.717) is 23.0 Å². The number of methoxy groups -OCH3 is 2. The molecular formula is C20H20BrN3O3S. The second-order valence-electron chi connectivity index (χ2n) is 5.84. The minimum absolute atomic E-state index is 0.0185. The van der Waals surface area contributed by atoms with Gasteiger partial charge in [-0.05, 0) is 65.3 Å². The Bertz CT molecular complexity index is 973. The van der Waals surface area contributed by atoms with Crippen molar-refractivity contribution in [2.24, 2.45) is 0 Å². The van der Waals surface area contributed by atoms with Crippen LogP contribution in [0.4, 0.5) is 0 Å². The predicted octanol–water partition coefficient (Wildman–Crippen LogP) is 4.72. The van der Waals surface area contributed by atoms with Crippen molar-refractivity contribution >= 4 is 33.5 Å². The van der Waals surface area contributed by atoms with E-state index in [1.165, 1.54) is 11.8 Å². The standard InChI is InChI=1S/C20H20BrN3O3S/c1-4-24-19(13-5-8-15(26-2)9-6-13)22-23-20(24)28-12-17(25)14-7-10-18(27-3)16(21)11-14/h5-11H,4,12H2,1-3H3. The smallest absolute Gasteiger partial charge is 0.191 e. The van der Waals surface area contributed by atoms with E-state index in [1.54, 1.807) is 32.4 Å². The van der Waals surface area contributed by atoms with Gasteiger partial charge in [0.1, 0.15) is 11.5 Å². The second-order valence-corrected chi connectivity index (χ2v) is 7.64. The van der Waals surface area contributed by atoms with Crippen LogP contribution in [0, 0.1) is 0 Å². The highest BCUT2D eigenvalue weighted by molar-refractivity contribution is 9.10. The first kappa shape index (κ1) is 20.4. The van der Waals surface area contributed by atoms with Crippen molar-refractivity contribution in [1.82, 2.24) is 14.8 Å². The molecule has 0 aliphatic carbocycles. The topological polar surface area (TPSA) is 66.2 Å². The third-order valence-electron chi connectivity index (χ3n) is 4.19. The summed E-state index contributed by atoms with van der Waals surface area (Å²) >= 11 is 4.80. The van der Waals surface area contributed by atoms with Crippen molar-refractivity contribution in [2.45, 2.75) is 18.6 Å². The number of hydrogen-bond acceptors (Lipinski definition) is 6. The molecule has 0 atom stereocenters. The molecule has 0 saturated carbocycles. The van der Waals surface area contributed by atoms with E-state index >= 15 is 0 Å². The van der Waals surface area contributed by atoms with Gasteiger partial charge in [-0.2, -0.15) is 0 Å². The highest BCUT2D eigenvalue weighted by Crippen LogP contribution is 2.28. The molecule has 0 fully saturated rings. The minimum Gasteiger partial charge on any atom is -0.497 e. The highest BCUT2D eigenvalue weighted by Gasteiger charge is 2.16. The molecule has 0 saturated heterocycles. The molecular weight excluding hydrogens is 442 g/mol. The van der Waals surface area contributed by atoms with Gasteiger partial charge in [0.2, 0.25) is 0 Å². The summed E-state index contributed by atoms with van der Waals surface area (Å²) < 4.78 is 13.2. The molecule has 0 aliphatic heterocycles. The summed E-state index contributed by atoms with van der Waals surface area (Å²) in [6, 6.07) is 13.0. The van der Waals surface area contributed by atoms with Gasteiger partial charge in [0, 0.05) is 17.7 Å². The monoisotopic (exact) mass is 461 g/mol. The lowest BCUT2D eigenvalue weighted by molar-refractivity contribution is 0.102. The third kappa shape index (κ3) is 4.39. The van der Waals surface area contributed by atoms with Gasteiger partial charge in [0.25, 0.3) is 0 Å². The molecule has 2 aromatic carbocycles. The normalized spacial score (nSPS) is 10.7. The largest absolute Gasteiger partial charge is 0.497 e. The second kappa shape index (κ2) is 9.25. The number of thioether (sulfide) groups is 1. The quantitative estimate of drug-likeness (QED) is 0.357. The lowest BCUT2D eigenvalue weighted by Gasteiger charge is -2.08. The van der Waals surface area contributed by atoms with Gasteiger partial charge in [0.15, 0.2) is 16.8 Å². The Hall–Kier alpha value is -2.32. The number of aromatic nitrogens is 3. The van der Waals surface area contributed by atoms with Crippen LogP contribution in [0.5, 0.6) is 11.5 Å². The molecule has 0 aliphatic rings. The number of ketones is 1. The molecule has 1 aromatic heterocycles. The summed E-state index contributed by atoms with van der Waals surface area (Å²) in [6.07, 6.45) is 0. The summed E-state index contributed by atoms with van der Waals surface area (Å²) in [6.45, 7) is 2.74. The first-order chi connectivity index (χ1) is 13.6. The highest BCUT2D eigenvalue weighted by atomic mass is 79.9. The molecule has 28 heavy (non-hydrogen) atoms. The van der Waals surface area contributed by atoms with E-state index in [9.17, 15) is 4.79 Å². The fraction of sp³-hybridized carbons (Fsp3) is 0.250. The Morgan fingerprint density at radius 1 is 1.11 bits per heavy atom. The van der Waals surface area contributed by atoms with E-state index in [4.69, 9.17) is 9.47 Å². The van der Waals surface area contributed by atoms with Crippen molar-refractivity contribution in [3.8, 4) is 22.9 Å². The average molecular weight is 462 g/mol. The number of carbonyl (C=O) groups is 1. The number of halogens is 1. The summed E-state index contributed by atoms with van der Waals surface area (Å²) in [5.41, 5.74) is 1.57. The molecule has 1 heterocycles. The van der Waals surface area contributed by atoms with Crippen LogP contribution < -0.4 is 9.47 Å². The van der Waals surface area contributed by atoms with Crippen LogP contribution in [-0.4, -0.2) is 40.5 Å². The SMILES string of the molecule is CCn1c(SCC(=O)c2ccc(OC)c(Br)c2)nnc1-c1ccc(OC)cc1. The molecule has 8 heteroatoms. The van der Waals surface area contributed by atoms with E-state index in [2.05, 4.69) is 26.1 Å². The van der Waals surface area contributed by atoms with Gasteiger partial charge in [-0.3, -0.25) is 4.79 Å². The molecule has 0 spiro atoms. The maximum atomic E-state index is 12.6. The Kier molecular flexibility index (Phi) is 6.74. The fourth-order valence-corrected chi connectivity index (χ4v) is 4.12. The van der Waals surface area contributed by atoms with E-state index in [0.717, 1.165) is 21.6 Å². The predicted molar refractivity (Wildman–Crippen MR) is 113 cm³/mol. The number of benzene rings is 2. The lowest BCUT2D eigenvalue weighted by atomic mass is 10.1. The zero-order valence-corrected chi connectivity index (χ0v) is 18.2. The van der Waals surface area contributed by atoms with Gasteiger partial charge < -0.3 is 14.0 Å². The van der Waals surface area contributed by atoms with Crippen LogP contribution >= 0.6 is 27.7 Å². The number of rotatable bonds is 8. The molecule has 0 radical (unpaired) electrons.